The number of hydrogen-bond donors (Lipinski definition) is 0. The lowest BCUT2D eigenvalue weighted by atomic mass is 9.80. The van der Waals surface area contributed by atoms with Gasteiger partial charge in [-0.1, -0.05) is 48.0 Å². The van der Waals surface area contributed by atoms with E-state index in [2.05, 4.69) is 39.8 Å². The van der Waals surface area contributed by atoms with Crippen molar-refractivity contribution < 1.29 is 17.4 Å². The van der Waals surface area contributed by atoms with Gasteiger partial charge in [-0.25, -0.2) is 0 Å². The second kappa shape index (κ2) is 8.42. The number of rotatable bonds is 6. The zero-order valence-corrected chi connectivity index (χ0v) is 19.6. The minimum Gasteiger partial charge on any atom is -0.290 e. The molecular formula is C24H33NO4S. The fraction of sp³-hybridized carbons (Fsp3) is 0.500. The van der Waals surface area contributed by atoms with Crippen molar-refractivity contribution in [3.63, 3.8) is 0 Å². The molecule has 1 unspecified atom stereocenters. The molecule has 3 rings (SSSR count). The molecule has 1 aliphatic heterocycles. The number of piperidine rings is 1. The number of hydrogen-bond acceptors (Lipinski definition) is 5. The lowest BCUT2D eigenvalue weighted by Crippen LogP contribution is -2.62. The molecule has 0 spiro atoms. The van der Waals surface area contributed by atoms with Crippen molar-refractivity contribution in [3.8, 4) is 0 Å². The Morgan fingerprint density at radius 3 is 2.00 bits per heavy atom. The Bertz CT molecular complexity index is 934. The zero-order chi connectivity index (χ0) is 22.2. The van der Waals surface area contributed by atoms with E-state index in [0.29, 0.717) is 12.8 Å². The van der Waals surface area contributed by atoms with Crippen molar-refractivity contribution >= 4 is 10.1 Å². The van der Waals surface area contributed by atoms with E-state index < -0.39 is 27.3 Å². The number of aryl methyl sites for hydroxylation is 1. The van der Waals surface area contributed by atoms with Crippen LogP contribution in [0.4, 0.5) is 0 Å². The van der Waals surface area contributed by atoms with Gasteiger partial charge in [-0.2, -0.15) is 13.5 Å². The summed E-state index contributed by atoms with van der Waals surface area (Å²) in [5.74, 6) is 0. The summed E-state index contributed by atoms with van der Waals surface area (Å²) in [5.41, 5.74) is 1.30. The number of benzene rings is 2. The quantitative estimate of drug-likeness (QED) is 0.572. The molecular weight excluding hydrogens is 398 g/mol. The molecule has 6 heteroatoms. The molecule has 0 aliphatic carbocycles. The van der Waals surface area contributed by atoms with Crippen LogP contribution in [0.3, 0.4) is 0 Å². The highest BCUT2D eigenvalue weighted by atomic mass is 32.2. The molecule has 1 heterocycles. The van der Waals surface area contributed by atoms with Crippen molar-refractivity contribution in [3.05, 3.63) is 65.7 Å². The average molecular weight is 432 g/mol. The highest BCUT2D eigenvalue weighted by molar-refractivity contribution is 7.86. The highest BCUT2D eigenvalue weighted by Crippen LogP contribution is 2.42. The van der Waals surface area contributed by atoms with Crippen LogP contribution in [0.2, 0.25) is 0 Å². The first-order valence-electron chi connectivity index (χ1n) is 10.4. The Morgan fingerprint density at radius 1 is 0.933 bits per heavy atom. The van der Waals surface area contributed by atoms with Gasteiger partial charge in [0.2, 0.25) is 0 Å². The van der Waals surface area contributed by atoms with Crippen molar-refractivity contribution in [1.82, 2.24) is 5.06 Å². The molecule has 164 valence electrons. The molecule has 5 nitrogen and oxygen atoms in total. The van der Waals surface area contributed by atoms with Crippen molar-refractivity contribution in [2.75, 3.05) is 0 Å². The third kappa shape index (κ3) is 5.11. The molecule has 2 aromatic rings. The van der Waals surface area contributed by atoms with E-state index in [0.717, 1.165) is 11.1 Å². The predicted molar refractivity (Wildman–Crippen MR) is 118 cm³/mol. The first-order valence-corrected chi connectivity index (χ1v) is 11.8. The van der Waals surface area contributed by atoms with E-state index in [1.54, 1.807) is 24.3 Å². The third-order valence-electron chi connectivity index (χ3n) is 5.66. The van der Waals surface area contributed by atoms with Crippen molar-refractivity contribution in [2.24, 2.45) is 0 Å². The maximum absolute atomic E-state index is 12.8. The van der Waals surface area contributed by atoms with Crippen LogP contribution in [0.15, 0.2) is 59.5 Å². The standard InChI is InChI=1S/C24H33NO4S/c1-18-12-14-22(15-13-18)30(26,27)29-21-16-23(3,4)25(24(5,6)17-21)28-19(2)20-10-8-7-9-11-20/h7-15,19,21H,16-17H2,1-6H3. The first kappa shape index (κ1) is 22.9. The van der Waals surface area contributed by atoms with Crippen LogP contribution in [0.1, 0.15) is 64.7 Å². The molecule has 0 N–H and O–H groups in total. The lowest BCUT2D eigenvalue weighted by Gasteiger charge is -2.54. The van der Waals surface area contributed by atoms with E-state index in [-0.39, 0.29) is 11.0 Å². The second-order valence-electron chi connectivity index (χ2n) is 9.47. The Hall–Kier alpha value is -1.73. The van der Waals surface area contributed by atoms with Gasteiger partial charge in [0.15, 0.2) is 0 Å². The Balaban J connectivity index is 1.76. The van der Waals surface area contributed by atoms with Crippen LogP contribution >= 0.6 is 0 Å². The topological polar surface area (TPSA) is 55.8 Å². The molecule has 30 heavy (non-hydrogen) atoms. The summed E-state index contributed by atoms with van der Waals surface area (Å²) in [6, 6.07) is 16.9. The van der Waals surface area contributed by atoms with Crippen LogP contribution in [-0.2, 0) is 19.1 Å². The summed E-state index contributed by atoms with van der Waals surface area (Å²) in [4.78, 5) is 6.61. The van der Waals surface area contributed by atoms with Crippen LogP contribution in [-0.4, -0.2) is 30.7 Å². The van der Waals surface area contributed by atoms with Crippen LogP contribution < -0.4 is 0 Å². The van der Waals surface area contributed by atoms with E-state index in [4.69, 9.17) is 9.02 Å². The molecule has 0 bridgehead atoms. The van der Waals surface area contributed by atoms with Crippen LogP contribution in [0.5, 0.6) is 0 Å². The van der Waals surface area contributed by atoms with Gasteiger partial charge in [-0.05, 0) is 72.1 Å². The maximum atomic E-state index is 12.8. The van der Waals surface area contributed by atoms with Gasteiger partial charge in [0.05, 0.1) is 11.0 Å². The van der Waals surface area contributed by atoms with Gasteiger partial charge in [0.1, 0.15) is 6.10 Å². The molecule has 1 aliphatic rings. The van der Waals surface area contributed by atoms with Gasteiger partial charge < -0.3 is 0 Å². The molecule has 2 aromatic carbocycles. The summed E-state index contributed by atoms with van der Waals surface area (Å²) in [6.07, 6.45) is 0.554. The Morgan fingerprint density at radius 2 is 1.47 bits per heavy atom. The van der Waals surface area contributed by atoms with E-state index >= 15 is 0 Å². The Kier molecular flexibility index (Phi) is 6.44. The van der Waals surface area contributed by atoms with E-state index in [1.165, 1.54) is 0 Å². The minimum absolute atomic E-state index is 0.112. The molecule has 1 fully saturated rings. The van der Waals surface area contributed by atoms with Gasteiger partial charge in [0.25, 0.3) is 10.1 Å². The first-order chi connectivity index (χ1) is 13.9. The van der Waals surface area contributed by atoms with Gasteiger partial charge in [0, 0.05) is 11.1 Å². The molecule has 1 atom stereocenters. The number of nitrogens with zero attached hydrogens (tertiary/aromatic N) is 1. The van der Waals surface area contributed by atoms with Gasteiger partial charge in [-0.15, -0.1) is 0 Å². The lowest BCUT2D eigenvalue weighted by molar-refractivity contribution is -0.312. The van der Waals surface area contributed by atoms with Crippen molar-refractivity contribution in [2.45, 2.75) is 82.6 Å². The second-order valence-corrected chi connectivity index (χ2v) is 11.0. The maximum Gasteiger partial charge on any atom is 0.297 e. The van der Waals surface area contributed by atoms with Crippen molar-refractivity contribution in [1.29, 1.82) is 0 Å². The predicted octanol–water partition coefficient (Wildman–Crippen LogP) is 5.41. The average Bonchev–Trinajstić information content (AvgIpc) is 2.64. The highest BCUT2D eigenvalue weighted by Gasteiger charge is 2.48. The Labute approximate surface area is 181 Å². The van der Waals surface area contributed by atoms with Gasteiger partial charge in [-0.3, -0.25) is 9.02 Å². The fourth-order valence-corrected chi connectivity index (χ4v) is 5.48. The molecule has 0 aromatic heterocycles. The molecule has 0 saturated carbocycles. The van der Waals surface area contributed by atoms with Crippen LogP contribution in [0, 0.1) is 6.92 Å². The fourth-order valence-electron chi connectivity index (χ4n) is 4.41. The van der Waals surface area contributed by atoms with E-state index in [1.807, 2.05) is 37.1 Å². The monoisotopic (exact) mass is 431 g/mol. The minimum atomic E-state index is -3.82. The largest absolute Gasteiger partial charge is 0.297 e. The molecule has 0 amide bonds. The van der Waals surface area contributed by atoms with E-state index in [9.17, 15) is 8.42 Å². The third-order valence-corrected chi connectivity index (χ3v) is 7.03. The summed E-state index contributed by atoms with van der Waals surface area (Å²) >= 11 is 0. The molecule has 1 saturated heterocycles. The summed E-state index contributed by atoms with van der Waals surface area (Å²) in [6.45, 7) is 12.2. The zero-order valence-electron chi connectivity index (χ0n) is 18.8. The molecule has 0 radical (unpaired) electrons. The summed E-state index contributed by atoms with van der Waals surface area (Å²) < 4.78 is 31.3. The number of hydroxylamine groups is 2. The van der Waals surface area contributed by atoms with Crippen LogP contribution in [0.25, 0.3) is 0 Å². The normalized spacial score (nSPS) is 20.7. The van der Waals surface area contributed by atoms with Gasteiger partial charge >= 0.3 is 0 Å². The SMILES string of the molecule is Cc1ccc(S(=O)(=O)OC2CC(C)(C)N(OC(C)c3ccccc3)C(C)(C)C2)cc1. The summed E-state index contributed by atoms with van der Waals surface area (Å²) in [7, 11) is -3.82. The summed E-state index contributed by atoms with van der Waals surface area (Å²) in [5, 5.41) is 2.02. The smallest absolute Gasteiger partial charge is 0.290 e.